The number of unbranched alkanes of at least 4 members (excludes halogenated alkanes) is 49. The lowest BCUT2D eigenvalue weighted by Crippen LogP contribution is -2.30. The third-order valence-corrected chi connectivity index (χ3v) is 15.3. The summed E-state index contributed by atoms with van der Waals surface area (Å²) in [5, 5.41) is 0. The van der Waals surface area contributed by atoms with Crippen molar-refractivity contribution in [3.05, 3.63) is 12.2 Å². The van der Waals surface area contributed by atoms with E-state index in [2.05, 4.69) is 32.9 Å². The number of carbonyl (C=O) groups is 3. The number of ether oxygens (including phenoxy) is 3. The minimum absolute atomic E-state index is 0.0632. The Morgan fingerprint density at radius 1 is 0.260 bits per heavy atom. The highest BCUT2D eigenvalue weighted by molar-refractivity contribution is 5.71. The van der Waals surface area contributed by atoms with Gasteiger partial charge in [-0.1, -0.05) is 328 Å². The summed E-state index contributed by atoms with van der Waals surface area (Å²) in [6, 6.07) is 0. The third-order valence-electron chi connectivity index (χ3n) is 15.3. The van der Waals surface area contributed by atoms with Gasteiger partial charge in [-0.3, -0.25) is 14.4 Å². The van der Waals surface area contributed by atoms with Crippen molar-refractivity contribution in [1.82, 2.24) is 0 Å². The summed E-state index contributed by atoms with van der Waals surface area (Å²) in [5.41, 5.74) is 0. The SMILES string of the molecule is CCCCCCCCCC/C=C\CCCCCCCCCCCCCC(=O)OCC(COC(=O)CCCCCCCCCCCCCCC)OC(=O)CCCCCCCCCCCCCCCCCCCCC. The van der Waals surface area contributed by atoms with E-state index in [-0.39, 0.29) is 31.1 Å². The Balaban J connectivity index is 4.24. The molecule has 6 nitrogen and oxygen atoms in total. The molecule has 73 heavy (non-hydrogen) atoms. The van der Waals surface area contributed by atoms with Gasteiger partial charge < -0.3 is 14.2 Å². The zero-order chi connectivity index (χ0) is 52.9. The first-order valence-corrected chi connectivity index (χ1v) is 33.2. The van der Waals surface area contributed by atoms with Crippen molar-refractivity contribution in [3.63, 3.8) is 0 Å². The van der Waals surface area contributed by atoms with Crippen molar-refractivity contribution < 1.29 is 28.6 Å². The van der Waals surface area contributed by atoms with Crippen LogP contribution in [0.4, 0.5) is 0 Å². The molecule has 0 radical (unpaired) electrons. The molecule has 0 aromatic rings. The average Bonchev–Trinajstić information content (AvgIpc) is 3.39. The maximum atomic E-state index is 12.9. The lowest BCUT2D eigenvalue weighted by atomic mass is 10.0. The van der Waals surface area contributed by atoms with Crippen molar-refractivity contribution in [2.75, 3.05) is 13.2 Å². The molecule has 432 valence electrons. The van der Waals surface area contributed by atoms with Gasteiger partial charge in [-0.05, 0) is 44.9 Å². The largest absolute Gasteiger partial charge is 0.462 e. The normalized spacial score (nSPS) is 12.0. The second kappa shape index (κ2) is 62.7. The number of carbonyl (C=O) groups excluding carboxylic acids is 3. The van der Waals surface area contributed by atoms with Crippen LogP contribution in [0, 0.1) is 0 Å². The zero-order valence-corrected chi connectivity index (χ0v) is 49.7. The van der Waals surface area contributed by atoms with E-state index in [1.807, 2.05) is 0 Å². The van der Waals surface area contributed by atoms with Crippen molar-refractivity contribution >= 4 is 17.9 Å². The molecule has 0 aromatic heterocycles. The van der Waals surface area contributed by atoms with Crippen LogP contribution in [0.25, 0.3) is 0 Å². The molecule has 0 rings (SSSR count). The number of rotatable bonds is 62. The Morgan fingerprint density at radius 3 is 0.685 bits per heavy atom. The van der Waals surface area contributed by atoms with Gasteiger partial charge in [0, 0.05) is 19.3 Å². The Kier molecular flexibility index (Phi) is 61.1. The molecule has 0 heterocycles. The van der Waals surface area contributed by atoms with E-state index in [4.69, 9.17) is 14.2 Å². The molecule has 0 amide bonds. The van der Waals surface area contributed by atoms with Gasteiger partial charge in [0.1, 0.15) is 13.2 Å². The first-order chi connectivity index (χ1) is 36.0. The van der Waals surface area contributed by atoms with Crippen LogP contribution in [0.1, 0.15) is 380 Å². The summed E-state index contributed by atoms with van der Waals surface area (Å²) < 4.78 is 17.0. The van der Waals surface area contributed by atoms with Crippen LogP contribution in [0.5, 0.6) is 0 Å². The fourth-order valence-corrected chi connectivity index (χ4v) is 10.3. The molecule has 1 atom stereocenters. The highest BCUT2D eigenvalue weighted by Crippen LogP contribution is 2.18. The standard InChI is InChI=1S/C67H128O6/c1-4-7-10-13-16-19-22-25-27-29-31-32-33-34-36-37-39-42-45-48-51-54-57-60-66(69)72-63-64(62-71-65(68)59-56-53-50-47-44-41-24-21-18-15-12-9-6-3)73-67(70)61-58-55-52-49-46-43-40-38-35-30-28-26-23-20-17-14-11-8-5-2/h29,31,64H,4-28,30,32-63H2,1-3H3/b31-29-. The van der Waals surface area contributed by atoms with E-state index in [9.17, 15) is 14.4 Å². The van der Waals surface area contributed by atoms with E-state index in [0.717, 1.165) is 57.8 Å². The monoisotopic (exact) mass is 1030 g/mol. The second-order valence-electron chi connectivity index (χ2n) is 22.7. The summed E-state index contributed by atoms with van der Waals surface area (Å²) in [5.74, 6) is -0.832. The smallest absolute Gasteiger partial charge is 0.306 e. The van der Waals surface area contributed by atoms with Crippen LogP contribution >= 0.6 is 0 Å². The quantitative estimate of drug-likeness (QED) is 0.0261. The van der Waals surface area contributed by atoms with Gasteiger partial charge in [0.15, 0.2) is 6.10 Å². The summed E-state index contributed by atoms with van der Waals surface area (Å²) in [7, 11) is 0. The van der Waals surface area contributed by atoms with Gasteiger partial charge in [-0.25, -0.2) is 0 Å². The van der Waals surface area contributed by atoms with Gasteiger partial charge >= 0.3 is 17.9 Å². The molecule has 0 spiro atoms. The average molecular weight is 1030 g/mol. The Morgan fingerprint density at radius 2 is 0.452 bits per heavy atom. The van der Waals surface area contributed by atoms with Crippen LogP contribution in [-0.4, -0.2) is 37.2 Å². The minimum atomic E-state index is -0.765. The molecule has 0 bridgehead atoms. The molecule has 6 heteroatoms. The first-order valence-electron chi connectivity index (χ1n) is 33.2. The Bertz CT molecular complexity index is 1130. The number of hydrogen-bond donors (Lipinski definition) is 0. The van der Waals surface area contributed by atoms with E-state index in [1.54, 1.807) is 0 Å². The molecular weight excluding hydrogens is 901 g/mol. The molecular formula is C67H128O6. The number of allylic oxidation sites excluding steroid dienone is 2. The first kappa shape index (κ1) is 71.2. The molecule has 0 saturated carbocycles. The van der Waals surface area contributed by atoms with Gasteiger partial charge in [0.2, 0.25) is 0 Å². The zero-order valence-electron chi connectivity index (χ0n) is 49.7. The van der Waals surface area contributed by atoms with Gasteiger partial charge in [0.05, 0.1) is 0 Å². The Hall–Kier alpha value is -1.85. The van der Waals surface area contributed by atoms with Crippen molar-refractivity contribution in [1.29, 1.82) is 0 Å². The van der Waals surface area contributed by atoms with Crippen LogP contribution in [0.3, 0.4) is 0 Å². The summed E-state index contributed by atoms with van der Waals surface area (Å²) in [4.78, 5) is 38.3. The summed E-state index contributed by atoms with van der Waals surface area (Å²) in [6.45, 7) is 6.72. The topological polar surface area (TPSA) is 78.9 Å². The summed E-state index contributed by atoms with van der Waals surface area (Å²) >= 11 is 0. The molecule has 1 unspecified atom stereocenters. The molecule has 0 N–H and O–H groups in total. The highest BCUT2D eigenvalue weighted by Gasteiger charge is 2.19. The predicted octanol–water partition coefficient (Wildman–Crippen LogP) is 22.4. The molecule has 0 saturated heterocycles. The van der Waals surface area contributed by atoms with Crippen LogP contribution < -0.4 is 0 Å². The fraction of sp³-hybridized carbons (Fsp3) is 0.925. The van der Waals surface area contributed by atoms with Gasteiger partial charge in [-0.15, -0.1) is 0 Å². The predicted molar refractivity (Wildman–Crippen MR) is 317 cm³/mol. The summed E-state index contributed by atoms with van der Waals surface area (Å²) in [6.07, 6.45) is 73.7. The van der Waals surface area contributed by atoms with E-state index in [0.29, 0.717) is 19.3 Å². The lowest BCUT2D eigenvalue weighted by Gasteiger charge is -2.18. The molecule has 0 aliphatic carbocycles. The van der Waals surface area contributed by atoms with E-state index < -0.39 is 6.10 Å². The Labute approximate surface area is 456 Å². The second-order valence-corrected chi connectivity index (χ2v) is 22.7. The highest BCUT2D eigenvalue weighted by atomic mass is 16.6. The van der Waals surface area contributed by atoms with E-state index in [1.165, 1.54) is 283 Å². The maximum Gasteiger partial charge on any atom is 0.306 e. The lowest BCUT2D eigenvalue weighted by molar-refractivity contribution is -0.167. The van der Waals surface area contributed by atoms with Crippen LogP contribution in [0.2, 0.25) is 0 Å². The number of hydrogen-bond acceptors (Lipinski definition) is 6. The number of esters is 3. The van der Waals surface area contributed by atoms with E-state index >= 15 is 0 Å². The van der Waals surface area contributed by atoms with Crippen molar-refractivity contribution in [2.24, 2.45) is 0 Å². The van der Waals surface area contributed by atoms with Crippen LogP contribution in [-0.2, 0) is 28.6 Å². The fourth-order valence-electron chi connectivity index (χ4n) is 10.3. The minimum Gasteiger partial charge on any atom is -0.462 e. The van der Waals surface area contributed by atoms with Gasteiger partial charge in [-0.2, -0.15) is 0 Å². The third kappa shape index (κ3) is 60.9. The van der Waals surface area contributed by atoms with Crippen LogP contribution in [0.15, 0.2) is 12.2 Å². The molecule has 0 fully saturated rings. The van der Waals surface area contributed by atoms with Crippen molar-refractivity contribution in [2.45, 2.75) is 386 Å². The van der Waals surface area contributed by atoms with Gasteiger partial charge in [0.25, 0.3) is 0 Å². The molecule has 0 aliphatic rings. The molecule has 0 aliphatic heterocycles. The molecule has 0 aromatic carbocycles. The van der Waals surface area contributed by atoms with Crippen molar-refractivity contribution in [3.8, 4) is 0 Å². The maximum absolute atomic E-state index is 12.9.